The van der Waals surface area contributed by atoms with Gasteiger partial charge in [-0.1, -0.05) is 23.7 Å². The van der Waals surface area contributed by atoms with Gasteiger partial charge in [-0.2, -0.15) is 0 Å². The van der Waals surface area contributed by atoms with Crippen LogP contribution in [0.5, 0.6) is 0 Å². The number of ether oxygens (including phenoxy) is 1. The number of carbonyl (C=O) groups excluding carboxylic acids is 2. The first-order valence-corrected chi connectivity index (χ1v) is 9.75. The van der Waals surface area contributed by atoms with Crippen molar-refractivity contribution in [1.82, 2.24) is 10.2 Å². The van der Waals surface area contributed by atoms with Crippen LogP contribution in [-0.2, 0) is 11.3 Å². The Morgan fingerprint density at radius 3 is 2.93 bits per heavy atom. The van der Waals surface area contributed by atoms with E-state index in [1.54, 1.807) is 36.3 Å². The third-order valence-electron chi connectivity index (χ3n) is 5.09. The Labute approximate surface area is 173 Å². The monoisotopic (exact) mass is 412 g/mol. The molecule has 0 spiro atoms. The lowest BCUT2D eigenvalue weighted by Crippen LogP contribution is -2.30. The van der Waals surface area contributed by atoms with Gasteiger partial charge in [-0.25, -0.2) is 0 Å². The van der Waals surface area contributed by atoms with Crippen molar-refractivity contribution in [2.24, 2.45) is 0 Å². The molecule has 1 aliphatic rings. The molecule has 0 unspecified atom stereocenters. The lowest BCUT2D eigenvalue weighted by molar-refractivity contribution is 0.0715. The van der Waals surface area contributed by atoms with Gasteiger partial charge in [-0.3, -0.25) is 9.59 Å². The molecule has 7 heteroatoms. The zero-order chi connectivity index (χ0) is 20.5. The van der Waals surface area contributed by atoms with E-state index in [4.69, 9.17) is 20.8 Å². The summed E-state index contributed by atoms with van der Waals surface area (Å²) in [5.41, 5.74) is 2.39. The summed E-state index contributed by atoms with van der Waals surface area (Å²) >= 11 is 6.03. The van der Waals surface area contributed by atoms with Crippen molar-refractivity contribution >= 4 is 34.4 Å². The molecule has 6 nitrogen and oxygen atoms in total. The Balaban J connectivity index is 1.55. The molecule has 1 aromatic heterocycles. The molecule has 3 aromatic rings. The minimum Gasteiger partial charge on any atom is -0.459 e. The van der Waals surface area contributed by atoms with Crippen molar-refractivity contribution in [1.29, 1.82) is 0 Å². The second-order valence-corrected chi connectivity index (χ2v) is 7.52. The topological polar surface area (TPSA) is 71.8 Å². The first kappa shape index (κ1) is 19.5. The van der Waals surface area contributed by atoms with E-state index in [9.17, 15) is 9.59 Å². The third kappa shape index (κ3) is 3.73. The fourth-order valence-corrected chi connectivity index (χ4v) is 3.77. The molecule has 0 radical (unpaired) electrons. The molecule has 1 atom stereocenters. The van der Waals surface area contributed by atoms with Gasteiger partial charge in [0.2, 0.25) is 0 Å². The first-order valence-electron chi connectivity index (χ1n) is 9.38. The van der Waals surface area contributed by atoms with E-state index >= 15 is 0 Å². The van der Waals surface area contributed by atoms with Crippen LogP contribution >= 0.6 is 11.6 Å². The predicted molar refractivity (Wildman–Crippen MR) is 110 cm³/mol. The smallest absolute Gasteiger partial charge is 0.255 e. The average molecular weight is 413 g/mol. The van der Waals surface area contributed by atoms with Crippen LogP contribution in [0.15, 0.2) is 46.9 Å². The summed E-state index contributed by atoms with van der Waals surface area (Å²) < 4.78 is 10.9. The minimum absolute atomic E-state index is 0.145. The van der Waals surface area contributed by atoms with E-state index in [0.717, 1.165) is 10.9 Å². The van der Waals surface area contributed by atoms with Crippen LogP contribution in [0.2, 0.25) is 5.02 Å². The summed E-state index contributed by atoms with van der Waals surface area (Å²) in [5, 5.41) is 4.43. The maximum Gasteiger partial charge on any atom is 0.255 e. The quantitative estimate of drug-likeness (QED) is 0.659. The second kappa shape index (κ2) is 7.89. The van der Waals surface area contributed by atoms with Crippen LogP contribution in [0, 0.1) is 0 Å². The third-order valence-corrected chi connectivity index (χ3v) is 5.33. The number of furan rings is 1. The number of benzene rings is 2. The Bertz CT molecular complexity index is 1090. The number of amides is 2. The lowest BCUT2D eigenvalue weighted by Gasteiger charge is -2.15. The second-order valence-electron chi connectivity index (χ2n) is 7.09. The molecule has 4 rings (SSSR count). The van der Waals surface area contributed by atoms with Gasteiger partial charge in [0.1, 0.15) is 11.3 Å². The first-order chi connectivity index (χ1) is 14.0. The van der Waals surface area contributed by atoms with E-state index in [0.29, 0.717) is 47.2 Å². The fourth-order valence-electron chi connectivity index (χ4n) is 3.58. The number of methoxy groups -OCH3 is 1. The van der Waals surface area contributed by atoms with Crippen LogP contribution < -0.4 is 5.32 Å². The molecule has 1 N–H and O–H groups in total. The Morgan fingerprint density at radius 2 is 2.14 bits per heavy atom. The highest BCUT2D eigenvalue weighted by Crippen LogP contribution is 2.28. The number of fused-ring (bicyclic) bond motifs is 2. The largest absolute Gasteiger partial charge is 0.459 e. The van der Waals surface area contributed by atoms with E-state index in [2.05, 4.69) is 5.32 Å². The molecule has 1 aliphatic heterocycles. The van der Waals surface area contributed by atoms with Gasteiger partial charge in [0, 0.05) is 30.6 Å². The SMILES string of the molecule is COCCN1Cc2cccc(C(=O)N[C@@H](C)c3cc4cc(Cl)ccc4o3)c2C1=O. The van der Waals surface area contributed by atoms with E-state index < -0.39 is 0 Å². The van der Waals surface area contributed by atoms with Crippen LogP contribution in [-0.4, -0.2) is 37.0 Å². The molecular weight excluding hydrogens is 392 g/mol. The number of hydrogen-bond donors (Lipinski definition) is 1. The Hall–Kier alpha value is -2.83. The van der Waals surface area contributed by atoms with Gasteiger partial charge >= 0.3 is 0 Å². The molecule has 0 saturated heterocycles. The van der Waals surface area contributed by atoms with Gasteiger partial charge in [-0.15, -0.1) is 0 Å². The van der Waals surface area contributed by atoms with Crippen molar-refractivity contribution < 1.29 is 18.7 Å². The number of halogens is 1. The number of hydrogen-bond acceptors (Lipinski definition) is 4. The summed E-state index contributed by atoms with van der Waals surface area (Å²) in [6, 6.07) is 12.2. The molecular formula is C22H21ClN2O4. The van der Waals surface area contributed by atoms with Crippen molar-refractivity contribution in [3.63, 3.8) is 0 Å². The zero-order valence-corrected chi connectivity index (χ0v) is 17.0. The molecule has 0 saturated carbocycles. The van der Waals surface area contributed by atoms with Crippen LogP contribution in [0.25, 0.3) is 11.0 Å². The summed E-state index contributed by atoms with van der Waals surface area (Å²) in [5.74, 6) is 0.167. The molecule has 0 fully saturated rings. The lowest BCUT2D eigenvalue weighted by atomic mass is 10.0. The van der Waals surface area contributed by atoms with E-state index in [-0.39, 0.29) is 17.9 Å². The van der Waals surface area contributed by atoms with Crippen LogP contribution in [0.1, 0.15) is 45.0 Å². The molecule has 0 aliphatic carbocycles. The number of rotatable bonds is 6. The number of nitrogens with zero attached hydrogens (tertiary/aromatic N) is 1. The molecule has 150 valence electrons. The van der Waals surface area contributed by atoms with Crippen molar-refractivity contribution in [2.45, 2.75) is 19.5 Å². The average Bonchev–Trinajstić information content (AvgIpc) is 3.27. The molecule has 29 heavy (non-hydrogen) atoms. The fraction of sp³-hybridized carbons (Fsp3) is 0.273. The standard InChI is InChI=1S/C22H21ClN2O4/c1-13(19-11-15-10-16(23)6-7-18(15)29-19)24-21(26)17-5-3-4-14-12-25(8-9-28-2)22(27)20(14)17/h3-7,10-11,13H,8-9,12H2,1-2H3,(H,24,26)/t13-/m0/s1. The number of nitrogens with one attached hydrogen (secondary N) is 1. The van der Waals surface area contributed by atoms with Gasteiger partial charge in [0.15, 0.2) is 0 Å². The molecule has 2 aromatic carbocycles. The highest BCUT2D eigenvalue weighted by Gasteiger charge is 2.31. The molecule has 0 bridgehead atoms. The maximum atomic E-state index is 13.0. The van der Waals surface area contributed by atoms with Crippen LogP contribution in [0.3, 0.4) is 0 Å². The van der Waals surface area contributed by atoms with Crippen molar-refractivity contribution in [3.8, 4) is 0 Å². The molecule has 2 amide bonds. The van der Waals surface area contributed by atoms with Crippen LogP contribution in [0.4, 0.5) is 0 Å². The minimum atomic E-state index is -0.370. The highest BCUT2D eigenvalue weighted by molar-refractivity contribution is 6.31. The van der Waals surface area contributed by atoms with E-state index in [1.807, 2.05) is 25.1 Å². The summed E-state index contributed by atoms with van der Waals surface area (Å²) in [4.78, 5) is 27.4. The van der Waals surface area contributed by atoms with Crippen molar-refractivity contribution in [3.05, 3.63) is 69.9 Å². The van der Waals surface area contributed by atoms with Gasteiger partial charge < -0.3 is 19.4 Å². The number of carbonyl (C=O) groups is 2. The summed E-state index contributed by atoms with van der Waals surface area (Å²) in [7, 11) is 1.60. The van der Waals surface area contributed by atoms with Gasteiger partial charge in [0.05, 0.1) is 23.8 Å². The zero-order valence-electron chi connectivity index (χ0n) is 16.2. The normalized spacial score (nSPS) is 14.3. The van der Waals surface area contributed by atoms with Crippen molar-refractivity contribution in [2.75, 3.05) is 20.3 Å². The molecule has 2 heterocycles. The highest BCUT2D eigenvalue weighted by atomic mass is 35.5. The van der Waals surface area contributed by atoms with E-state index in [1.165, 1.54) is 0 Å². The maximum absolute atomic E-state index is 13.0. The predicted octanol–water partition coefficient (Wildman–Crippen LogP) is 4.18. The van der Waals surface area contributed by atoms with Gasteiger partial charge in [0.25, 0.3) is 11.8 Å². The van der Waals surface area contributed by atoms with Gasteiger partial charge in [-0.05, 0) is 42.8 Å². The Kier molecular flexibility index (Phi) is 5.30. The summed E-state index contributed by atoms with van der Waals surface area (Å²) in [6.07, 6.45) is 0. The Morgan fingerprint density at radius 1 is 1.31 bits per heavy atom. The summed E-state index contributed by atoms with van der Waals surface area (Å²) in [6.45, 7) is 3.27.